The van der Waals surface area contributed by atoms with E-state index in [1.54, 1.807) is 7.11 Å². The van der Waals surface area contributed by atoms with E-state index >= 15 is 0 Å². The molecule has 2 aromatic heterocycles. The van der Waals surface area contributed by atoms with Crippen molar-refractivity contribution in [1.29, 1.82) is 0 Å². The molecule has 0 fully saturated rings. The van der Waals surface area contributed by atoms with E-state index < -0.39 is 0 Å². The van der Waals surface area contributed by atoms with E-state index in [0.717, 1.165) is 48.6 Å². The highest BCUT2D eigenvalue weighted by atomic mass is 35.5. The van der Waals surface area contributed by atoms with Gasteiger partial charge in [0.2, 0.25) is 0 Å². The fourth-order valence-corrected chi connectivity index (χ4v) is 3.24. The van der Waals surface area contributed by atoms with Crippen LogP contribution in [0, 0.1) is 0 Å². The van der Waals surface area contributed by atoms with E-state index in [-0.39, 0.29) is 12.4 Å². The van der Waals surface area contributed by atoms with Gasteiger partial charge in [-0.2, -0.15) is 0 Å². The van der Waals surface area contributed by atoms with E-state index in [1.807, 2.05) is 24.4 Å². The van der Waals surface area contributed by atoms with Crippen LogP contribution >= 0.6 is 12.4 Å². The molecule has 0 spiro atoms. The van der Waals surface area contributed by atoms with Crippen LogP contribution in [0.1, 0.15) is 62.8 Å². The van der Waals surface area contributed by atoms with Crippen LogP contribution in [0.25, 0.3) is 11.4 Å². The maximum absolute atomic E-state index is 5.48. The van der Waals surface area contributed by atoms with Crippen LogP contribution < -0.4 is 4.74 Å². The van der Waals surface area contributed by atoms with E-state index in [9.17, 15) is 0 Å². The Morgan fingerprint density at radius 1 is 0.931 bits per heavy atom. The summed E-state index contributed by atoms with van der Waals surface area (Å²) in [5.74, 6) is 0.810. The Morgan fingerprint density at radius 2 is 1.66 bits per heavy atom. The third-order valence-electron chi connectivity index (χ3n) is 4.85. The first-order valence-electron chi connectivity index (χ1n) is 10.5. The predicted octanol–water partition coefficient (Wildman–Crippen LogP) is 6.89. The van der Waals surface area contributed by atoms with Crippen LogP contribution in [0.2, 0.25) is 0 Å². The number of methoxy groups -OCH3 is 1. The summed E-state index contributed by atoms with van der Waals surface area (Å²) in [5, 5.41) is 0. The van der Waals surface area contributed by atoms with Gasteiger partial charge in [-0.3, -0.25) is 4.99 Å². The second-order valence-corrected chi connectivity index (χ2v) is 7.12. The number of ether oxygens (including phenoxy) is 1. The molecule has 29 heavy (non-hydrogen) atoms. The Balaban J connectivity index is 0.00000420. The molecule has 0 aliphatic rings. The summed E-state index contributed by atoms with van der Waals surface area (Å²) in [4.78, 5) is 11.3. The molecule has 2 heterocycles. The molecule has 0 saturated carbocycles. The van der Waals surface area contributed by atoms with Gasteiger partial charge in [-0.1, -0.05) is 37.8 Å². The van der Waals surface area contributed by atoms with Gasteiger partial charge in [0.05, 0.1) is 24.2 Å². The van der Waals surface area contributed by atoms with E-state index in [4.69, 9.17) is 4.74 Å². The number of rotatable bonds is 15. The van der Waals surface area contributed by atoms with E-state index in [2.05, 4.69) is 40.3 Å². The fourth-order valence-electron chi connectivity index (χ4n) is 3.24. The predicted molar refractivity (Wildman–Crippen MR) is 128 cm³/mol. The van der Waals surface area contributed by atoms with Crippen LogP contribution in [0.3, 0.4) is 0 Å². The highest BCUT2D eigenvalue weighted by molar-refractivity contribution is 5.85. The average molecular weight is 418 g/mol. The number of aromatic nitrogens is 2. The minimum Gasteiger partial charge on any atom is -0.494 e. The lowest BCUT2D eigenvalue weighted by molar-refractivity contribution is 0.415. The third-order valence-corrected chi connectivity index (χ3v) is 4.85. The summed E-state index contributed by atoms with van der Waals surface area (Å²) in [5.41, 5.74) is 4.30. The largest absolute Gasteiger partial charge is 0.494 e. The van der Waals surface area contributed by atoms with Gasteiger partial charge in [-0.15, -0.1) is 25.6 Å². The second-order valence-electron chi connectivity index (χ2n) is 7.12. The van der Waals surface area contributed by atoms with Gasteiger partial charge in [0.1, 0.15) is 5.75 Å². The van der Waals surface area contributed by atoms with Gasteiger partial charge in [0.15, 0.2) is 0 Å². The van der Waals surface area contributed by atoms with Gasteiger partial charge >= 0.3 is 0 Å². The lowest BCUT2D eigenvalue weighted by atomic mass is 10.1. The Bertz CT molecular complexity index is 745. The molecule has 0 aromatic carbocycles. The third kappa shape index (κ3) is 8.78. The summed E-state index contributed by atoms with van der Waals surface area (Å²) < 4.78 is 5.48. The molecule has 0 aliphatic heterocycles. The van der Waals surface area contributed by atoms with Crippen molar-refractivity contribution in [2.24, 2.45) is 4.99 Å². The molecular weight excluding hydrogens is 382 g/mol. The Labute approximate surface area is 182 Å². The van der Waals surface area contributed by atoms with Crippen molar-refractivity contribution in [3.8, 4) is 17.1 Å². The van der Waals surface area contributed by atoms with Crippen molar-refractivity contribution in [3.05, 3.63) is 54.9 Å². The van der Waals surface area contributed by atoms with Crippen molar-refractivity contribution < 1.29 is 4.74 Å². The quantitative estimate of drug-likeness (QED) is 0.185. The summed E-state index contributed by atoms with van der Waals surface area (Å²) in [6.45, 7) is 8.23. The topological polar surface area (TPSA) is 53.2 Å². The van der Waals surface area contributed by atoms with Crippen LogP contribution in [-0.2, 0) is 6.42 Å². The molecule has 2 N–H and O–H groups in total. The number of hydrogen-bond acceptors (Lipinski definition) is 2. The number of aliphatic imine (C=N–C) groups is 1. The van der Waals surface area contributed by atoms with Crippen LogP contribution in [-0.4, -0.2) is 29.8 Å². The molecule has 2 aromatic rings. The number of aromatic amines is 2. The van der Waals surface area contributed by atoms with Crippen molar-refractivity contribution in [2.45, 2.75) is 57.8 Å². The van der Waals surface area contributed by atoms with Gasteiger partial charge in [0.25, 0.3) is 0 Å². The van der Waals surface area contributed by atoms with Crippen LogP contribution in [0.5, 0.6) is 5.75 Å². The highest BCUT2D eigenvalue weighted by Crippen LogP contribution is 2.26. The number of halogens is 1. The molecule has 0 bridgehead atoms. The highest BCUT2D eigenvalue weighted by Gasteiger charge is 2.10. The lowest BCUT2D eigenvalue weighted by Gasteiger charge is -2.01. The summed E-state index contributed by atoms with van der Waals surface area (Å²) >= 11 is 0. The molecule has 5 heteroatoms. The molecule has 0 unspecified atom stereocenters. The maximum atomic E-state index is 5.48. The fraction of sp³-hybridized carbons (Fsp3) is 0.458. The molecular formula is C24H36ClN3O. The van der Waals surface area contributed by atoms with E-state index in [1.165, 1.54) is 44.2 Å². The molecule has 0 amide bonds. The first-order chi connectivity index (χ1) is 13.8. The summed E-state index contributed by atoms with van der Waals surface area (Å²) in [6, 6.07) is 6.34. The zero-order valence-corrected chi connectivity index (χ0v) is 18.5. The smallest absolute Gasteiger partial charge is 0.146 e. The molecule has 0 saturated heterocycles. The van der Waals surface area contributed by atoms with Crippen LogP contribution in [0.4, 0.5) is 0 Å². The Hall–Kier alpha value is -2.20. The number of H-pyrrole nitrogens is 2. The first-order valence-corrected chi connectivity index (χ1v) is 10.5. The van der Waals surface area contributed by atoms with Crippen LogP contribution in [0.15, 0.2) is 48.5 Å². The first kappa shape index (κ1) is 24.8. The second kappa shape index (κ2) is 14.7. The standard InChI is InChI=1S/C24H35N3O.ClH/c1-4-6-8-9-10-11-12-13-14-20-15-16-21(26-20)22-18-24(28-3)23(27-22)19-25-17-7-5-2;/h4-5,15-16,18-19,26-27H,1-2,6-14,17H2,3H3;1H. The molecule has 2 rings (SSSR count). The Morgan fingerprint density at radius 3 is 2.38 bits per heavy atom. The lowest BCUT2D eigenvalue weighted by Crippen LogP contribution is -1.89. The number of nitrogens with zero attached hydrogens (tertiary/aromatic N) is 1. The number of unbranched alkanes of at least 4 members (excludes halogenated alkanes) is 6. The number of allylic oxidation sites excluding steroid dienone is 1. The number of nitrogens with one attached hydrogen (secondary N) is 2. The molecule has 0 atom stereocenters. The van der Waals surface area contributed by atoms with Crippen molar-refractivity contribution in [2.75, 3.05) is 13.7 Å². The zero-order chi connectivity index (χ0) is 20.0. The summed E-state index contributed by atoms with van der Waals surface area (Å²) in [7, 11) is 1.69. The van der Waals surface area contributed by atoms with Gasteiger partial charge in [-0.25, -0.2) is 0 Å². The van der Waals surface area contributed by atoms with Crippen molar-refractivity contribution >= 4 is 18.6 Å². The van der Waals surface area contributed by atoms with Gasteiger partial charge < -0.3 is 14.7 Å². The number of hydrogen-bond donors (Lipinski definition) is 2. The summed E-state index contributed by atoms with van der Waals surface area (Å²) in [6.07, 6.45) is 16.6. The monoisotopic (exact) mass is 417 g/mol. The van der Waals surface area contributed by atoms with Gasteiger partial charge in [-0.05, 0) is 44.2 Å². The Kier molecular flexibility index (Phi) is 12.6. The molecule has 160 valence electrons. The number of aryl methyl sites for hydroxylation is 1. The SMILES string of the molecule is C=CCCCCCCCCc1ccc(-c2cc(OC)c(C=NCCC=C)[nH]2)[nH]1.Cl. The maximum Gasteiger partial charge on any atom is 0.146 e. The van der Waals surface area contributed by atoms with Crippen molar-refractivity contribution in [3.63, 3.8) is 0 Å². The molecule has 4 nitrogen and oxygen atoms in total. The van der Waals surface area contributed by atoms with Gasteiger partial charge in [0, 0.05) is 24.5 Å². The minimum absolute atomic E-state index is 0. The molecule has 0 radical (unpaired) electrons. The zero-order valence-electron chi connectivity index (χ0n) is 17.7. The molecule has 0 aliphatic carbocycles. The minimum atomic E-state index is 0. The van der Waals surface area contributed by atoms with E-state index in [0.29, 0.717) is 0 Å². The normalized spacial score (nSPS) is 10.8. The van der Waals surface area contributed by atoms with Crippen molar-refractivity contribution in [1.82, 2.24) is 9.97 Å². The average Bonchev–Trinajstić information content (AvgIpc) is 3.34.